The molecule has 1 atom stereocenters. The van der Waals surface area contributed by atoms with Crippen molar-refractivity contribution in [1.82, 2.24) is 10.3 Å². The second-order valence-corrected chi connectivity index (χ2v) is 7.76. The van der Waals surface area contributed by atoms with Crippen LogP contribution >= 0.6 is 11.8 Å². The van der Waals surface area contributed by atoms with E-state index in [1.165, 1.54) is 4.90 Å². The van der Waals surface area contributed by atoms with Crippen molar-refractivity contribution < 1.29 is 14.6 Å². The molecule has 0 aliphatic carbocycles. The average molecular weight is 397 g/mol. The van der Waals surface area contributed by atoms with Gasteiger partial charge in [-0.1, -0.05) is 19.1 Å². The summed E-state index contributed by atoms with van der Waals surface area (Å²) in [4.78, 5) is 18.3. The van der Waals surface area contributed by atoms with E-state index in [2.05, 4.69) is 17.2 Å². The number of amides is 1. The molecule has 0 spiro atoms. The number of aromatic nitrogens is 1. The molecule has 0 fully saturated rings. The Kier molecular flexibility index (Phi) is 6.54. The third-order valence-electron chi connectivity index (χ3n) is 4.46. The highest BCUT2D eigenvalue weighted by Crippen LogP contribution is 2.26. The van der Waals surface area contributed by atoms with Crippen molar-refractivity contribution >= 4 is 28.4 Å². The second-order valence-electron chi connectivity index (χ2n) is 6.42. The summed E-state index contributed by atoms with van der Waals surface area (Å²) >= 11 is 1.75. The Hall–Kier alpha value is -2.57. The number of hydrogen-bond acceptors (Lipinski definition) is 5. The fraction of sp³-hybridized carbons (Fsp3) is 0.273. The Morgan fingerprint density at radius 1 is 1.21 bits per heavy atom. The lowest BCUT2D eigenvalue weighted by Crippen LogP contribution is -2.30. The number of pyridine rings is 1. The number of fused-ring (bicyclic) bond motifs is 1. The number of aryl methyl sites for hydroxylation is 1. The summed E-state index contributed by atoms with van der Waals surface area (Å²) in [6, 6.07) is 14.8. The first kappa shape index (κ1) is 20.2. The van der Waals surface area contributed by atoms with Gasteiger partial charge >= 0.3 is 0 Å². The van der Waals surface area contributed by atoms with Crippen LogP contribution in [0.5, 0.6) is 5.88 Å². The Labute approximate surface area is 169 Å². The Balaban J connectivity index is 1.82. The van der Waals surface area contributed by atoms with Gasteiger partial charge in [0.25, 0.3) is 5.91 Å². The van der Waals surface area contributed by atoms with Crippen LogP contribution in [0.4, 0.5) is 0 Å². The molecule has 5 nitrogen and oxygen atoms in total. The van der Waals surface area contributed by atoms with E-state index in [0.29, 0.717) is 11.4 Å². The molecule has 1 amide bonds. The highest BCUT2D eigenvalue weighted by Gasteiger charge is 2.16. The molecular formula is C22H24N2O3S. The van der Waals surface area contributed by atoms with Crippen molar-refractivity contribution in [3.05, 3.63) is 65.4 Å². The molecular weight excluding hydrogens is 372 g/mol. The van der Waals surface area contributed by atoms with Gasteiger partial charge in [0.05, 0.1) is 19.8 Å². The summed E-state index contributed by atoms with van der Waals surface area (Å²) in [5.74, 6) is 1.31. The SMILES string of the molecule is CCSc1ccc(C(CO)NC(=O)c2ccc3c(OC)nc(C)cc3c2)cc1. The lowest BCUT2D eigenvalue weighted by Gasteiger charge is -2.17. The number of benzene rings is 2. The van der Waals surface area contributed by atoms with E-state index in [-0.39, 0.29) is 12.5 Å². The molecule has 0 radical (unpaired) electrons. The van der Waals surface area contributed by atoms with Crippen molar-refractivity contribution in [2.75, 3.05) is 19.5 Å². The van der Waals surface area contributed by atoms with Crippen LogP contribution in [0.3, 0.4) is 0 Å². The minimum atomic E-state index is -0.461. The van der Waals surface area contributed by atoms with Gasteiger partial charge in [0.15, 0.2) is 0 Å². The minimum Gasteiger partial charge on any atom is -0.481 e. The van der Waals surface area contributed by atoms with Crippen molar-refractivity contribution in [2.45, 2.75) is 24.8 Å². The molecule has 2 N–H and O–H groups in total. The van der Waals surface area contributed by atoms with Gasteiger partial charge in [0.1, 0.15) is 0 Å². The van der Waals surface area contributed by atoms with Crippen molar-refractivity contribution in [3.63, 3.8) is 0 Å². The number of ether oxygens (including phenoxy) is 1. The van der Waals surface area contributed by atoms with Crippen LogP contribution in [0, 0.1) is 6.92 Å². The minimum absolute atomic E-state index is 0.170. The monoisotopic (exact) mass is 396 g/mol. The first-order valence-corrected chi connectivity index (χ1v) is 10.1. The lowest BCUT2D eigenvalue weighted by molar-refractivity contribution is 0.0916. The van der Waals surface area contributed by atoms with Gasteiger partial charge in [0.2, 0.25) is 5.88 Å². The summed E-state index contributed by atoms with van der Waals surface area (Å²) in [5.41, 5.74) is 2.22. The van der Waals surface area contributed by atoms with Gasteiger partial charge in [0, 0.05) is 21.5 Å². The molecule has 0 saturated carbocycles. The molecule has 28 heavy (non-hydrogen) atoms. The topological polar surface area (TPSA) is 71.5 Å². The summed E-state index contributed by atoms with van der Waals surface area (Å²) in [6.45, 7) is 3.82. The molecule has 1 heterocycles. The Morgan fingerprint density at radius 3 is 2.61 bits per heavy atom. The first-order valence-electron chi connectivity index (χ1n) is 9.15. The summed E-state index contributed by atoms with van der Waals surface area (Å²) in [6.07, 6.45) is 0. The highest BCUT2D eigenvalue weighted by atomic mass is 32.2. The Bertz CT molecular complexity index is 973. The van der Waals surface area contributed by atoms with Gasteiger partial charge < -0.3 is 15.2 Å². The number of methoxy groups -OCH3 is 1. The first-order chi connectivity index (χ1) is 13.5. The smallest absolute Gasteiger partial charge is 0.251 e. The zero-order chi connectivity index (χ0) is 20.1. The van der Waals surface area contributed by atoms with Gasteiger partial charge in [-0.25, -0.2) is 4.98 Å². The van der Waals surface area contributed by atoms with Crippen LogP contribution in [-0.4, -0.2) is 35.5 Å². The van der Waals surface area contributed by atoms with E-state index < -0.39 is 6.04 Å². The molecule has 0 aliphatic rings. The largest absolute Gasteiger partial charge is 0.481 e. The summed E-state index contributed by atoms with van der Waals surface area (Å²) < 4.78 is 5.33. The van der Waals surface area contributed by atoms with Gasteiger partial charge in [-0.15, -0.1) is 11.8 Å². The molecule has 1 unspecified atom stereocenters. The van der Waals surface area contributed by atoms with Crippen LogP contribution in [0.1, 0.15) is 34.6 Å². The lowest BCUT2D eigenvalue weighted by atomic mass is 10.0. The van der Waals surface area contributed by atoms with Crippen molar-refractivity contribution in [1.29, 1.82) is 0 Å². The number of nitrogens with one attached hydrogen (secondary N) is 1. The maximum atomic E-state index is 12.8. The van der Waals surface area contributed by atoms with Gasteiger partial charge in [-0.2, -0.15) is 0 Å². The number of aliphatic hydroxyl groups is 1. The summed E-state index contributed by atoms with van der Waals surface area (Å²) in [7, 11) is 1.58. The number of hydrogen-bond donors (Lipinski definition) is 2. The molecule has 0 bridgehead atoms. The van der Waals surface area contributed by atoms with Crippen molar-refractivity contribution in [2.24, 2.45) is 0 Å². The quantitative estimate of drug-likeness (QED) is 0.588. The van der Waals surface area contributed by atoms with Gasteiger partial charge in [-0.05, 0) is 60.0 Å². The fourth-order valence-electron chi connectivity index (χ4n) is 3.09. The third kappa shape index (κ3) is 4.46. The van der Waals surface area contributed by atoms with Crippen LogP contribution < -0.4 is 10.1 Å². The van der Waals surface area contributed by atoms with Crippen LogP contribution in [-0.2, 0) is 0 Å². The molecule has 3 rings (SSSR count). The average Bonchev–Trinajstić information content (AvgIpc) is 2.71. The molecule has 0 saturated heterocycles. The fourth-order valence-corrected chi connectivity index (χ4v) is 3.75. The number of aliphatic hydroxyl groups excluding tert-OH is 1. The highest BCUT2D eigenvalue weighted by molar-refractivity contribution is 7.99. The maximum Gasteiger partial charge on any atom is 0.251 e. The zero-order valence-corrected chi connectivity index (χ0v) is 17.0. The predicted molar refractivity (Wildman–Crippen MR) is 113 cm³/mol. The Morgan fingerprint density at radius 2 is 1.96 bits per heavy atom. The number of nitrogens with zero attached hydrogens (tertiary/aromatic N) is 1. The van der Waals surface area contributed by atoms with E-state index in [0.717, 1.165) is 27.8 Å². The van der Waals surface area contributed by atoms with Crippen LogP contribution in [0.2, 0.25) is 0 Å². The molecule has 2 aromatic carbocycles. The normalized spacial score (nSPS) is 12.0. The van der Waals surface area contributed by atoms with Crippen LogP contribution in [0.15, 0.2) is 53.4 Å². The molecule has 3 aromatic rings. The second kappa shape index (κ2) is 9.08. The summed E-state index contributed by atoms with van der Waals surface area (Å²) in [5, 5.41) is 14.4. The number of rotatable bonds is 7. The third-order valence-corrected chi connectivity index (χ3v) is 5.36. The number of thioether (sulfide) groups is 1. The van der Waals surface area contributed by atoms with E-state index in [1.807, 2.05) is 49.4 Å². The van der Waals surface area contributed by atoms with E-state index >= 15 is 0 Å². The predicted octanol–water partition coefficient (Wildman–Crippen LogP) is 4.13. The molecule has 146 valence electrons. The van der Waals surface area contributed by atoms with E-state index in [1.54, 1.807) is 24.9 Å². The van der Waals surface area contributed by atoms with Crippen molar-refractivity contribution in [3.8, 4) is 5.88 Å². The number of carbonyl (C=O) groups excluding carboxylic acids is 1. The maximum absolute atomic E-state index is 12.8. The van der Waals surface area contributed by atoms with E-state index in [9.17, 15) is 9.90 Å². The molecule has 0 aliphatic heterocycles. The van der Waals surface area contributed by atoms with Crippen LogP contribution in [0.25, 0.3) is 10.8 Å². The van der Waals surface area contributed by atoms with Gasteiger partial charge in [-0.3, -0.25) is 4.79 Å². The van der Waals surface area contributed by atoms with E-state index in [4.69, 9.17) is 4.74 Å². The number of carbonyl (C=O) groups is 1. The zero-order valence-electron chi connectivity index (χ0n) is 16.2. The molecule has 1 aromatic heterocycles. The standard InChI is InChI=1S/C22H24N2O3S/c1-4-28-18-8-5-15(6-9-18)20(13-25)24-21(26)16-7-10-19-17(12-16)11-14(2)23-22(19)27-3/h5-12,20,25H,4,13H2,1-3H3,(H,24,26). The molecule has 6 heteroatoms.